The Hall–Kier alpha value is -2.00. The molecule has 0 heterocycles. The molecule has 0 saturated carbocycles. The van der Waals surface area contributed by atoms with Crippen molar-refractivity contribution in [2.24, 2.45) is 0 Å². The quantitative estimate of drug-likeness (QED) is 0.862. The highest BCUT2D eigenvalue weighted by Crippen LogP contribution is 2.34. The Morgan fingerprint density at radius 3 is 2.68 bits per heavy atom. The van der Waals surface area contributed by atoms with Gasteiger partial charge in [-0.05, 0) is 62.7 Å². The van der Waals surface area contributed by atoms with Gasteiger partial charge in [-0.15, -0.1) is 0 Å². The molecule has 2 aromatic carbocycles. The van der Waals surface area contributed by atoms with Crippen LogP contribution < -0.4 is 0 Å². The minimum Gasteiger partial charge on any atom is -0.309 e. The molecule has 1 unspecified atom stereocenters. The molecule has 0 aliphatic heterocycles. The molecule has 0 spiro atoms. The summed E-state index contributed by atoms with van der Waals surface area (Å²) in [4.78, 5) is 14.9. The number of rotatable bonds is 3. The Morgan fingerprint density at radius 1 is 1.14 bits per heavy atom. The van der Waals surface area contributed by atoms with Gasteiger partial charge in [0.2, 0.25) is 0 Å². The van der Waals surface area contributed by atoms with E-state index in [1.165, 1.54) is 12.1 Å². The van der Waals surface area contributed by atoms with Gasteiger partial charge in [0.15, 0.2) is 5.78 Å². The Bertz CT molecular complexity index is 708. The van der Waals surface area contributed by atoms with E-state index in [0.29, 0.717) is 11.1 Å². The summed E-state index contributed by atoms with van der Waals surface area (Å²) >= 11 is 0. The van der Waals surface area contributed by atoms with Crippen LogP contribution in [-0.2, 0) is 6.42 Å². The first-order valence-electron chi connectivity index (χ1n) is 7.63. The van der Waals surface area contributed by atoms with E-state index in [2.05, 4.69) is 4.90 Å². The normalized spacial score (nSPS) is 17.1. The topological polar surface area (TPSA) is 20.3 Å². The molecule has 1 aliphatic carbocycles. The largest absolute Gasteiger partial charge is 0.309 e. The predicted molar refractivity (Wildman–Crippen MR) is 85.9 cm³/mol. The molecular weight excluding hydrogens is 277 g/mol. The van der Waals surface area contributed by atoms with Crippen LogP contribution in [0.2, 0.25) is 0 Å². The van der Waals surface area contributed by atoms with Gasteiger partial charge < -0.3 is 4.90 Å². The van der Waals surface area contributed by atoms with Crippen molar-refractivity contribution in [1.29, 1.82) is 0 Å². The van der Waals surface area contributed by atoms with Crippen molar-refractivity contribution in [3.05, 3.63) is 70.5 Å². The van der Waals surface area contributed by atoms with Crippen molar-refractivity contribution in [3.8, 4) is 0 Å². The van der Waals surface area contributed by atoms with E-state index in [1.807, 2.05) is 38.4 Å². The van der Waals surface area contributed by atoms with Crippen molar-refractivity contribution in [1.82, 2.24) is 4.90 Å². The number of halogens is 1. The molecule has 0 saturated heterocycles. The van der Waals surface area contributed by atoms with Crippen molar-refractivity contribution < 1.29 is 9.18 Å². The summed E-state index contributed by atoms with van der Waals surface area (Å²) in [6.45, 7) is 0.942. The zero-order chi connectivity index (χ0) is 15.7. The number of hydrogen-bond donors (Lipinski definition) is 0. The number of hydrogen-bond acceptors (Lipinski definition) is 2. The molecule has 0 radical (unpaired) electrons. The monoisotopic (exact) mass is 297 g/mol. The third-order valence-corrected chi connectivity index (χ3v) is 4.35. The molecule has 0 fully saturated rings. The second-order valence-electron chi connectivity index (χ2n) is 6.21. The minimum absolute atomic E-state index is 0.0579. The lowest BCUT2D eigenvalue weighted by atomic mass is 9.88. The van der Waals surface area contributed by atoms with Crippen LogP contribution >= 0.6 is 0 Å². The molecule has 114 valence electrons. The Labute approximate surface area is 130 Å². The van der Waals surface area contributed by atoms with Gasteiger partial charge >= 0.3 is 0 Å². The molecule has 3 heteroatoms. The standard InChI is InChI=1S/C19H20FNO/c1-21(2)10-9-14-11-13-5-3-4-6-17(13)19(22)18-12-15(20)7-8-16(14)18/h3-8,12,14H,9-11H2,1-2H3. The first-order chi connectivity index (χ1) is 10.6. The first kappa shape index (κ1) is 14.9. The summed E-state index contributed by atoms with van der Waals surface area (Å²) < 4.78 is 13.7. The molecule has 22 heavy (non-hydrogen) atoms. The maximum absolute atomic E-state index is 13.7. The number of ketones is 1. The third kappa shape index (κ3) is 2.81. The van der Waals surface area contributed by atoms with Crippen LogP contribution in [0.5, 0.6) is 0 Å². The molecule has 0 amide bonds. The molecule has 0 aromatic heterocycles. The second-order valence-corrected chi connectivity index (χ2v) is 6.21. The zero-order valence-corrected chi connectivity index (χ0v) is 13.0. The summed E-state index contributed by atoms with van der Waals surface area (Å²) in [5.74, 6) is -0.166. The van der Waals surface area contributed by atoms with Crippen molar-refractivity contribution in [2.75, 3.05) is 20.6 Å². The van der Waals surface area contributed by atoms with Crippen LogP contribution in [0, 0.1) is 5.82 Å². The lowest BCUT2D eigenvalue weighted by Crippen LogP contribution is -2.17. The Balaban J connectivity index is 2.09. The van der Waals surface area contributed by atoms with E-state index in [1.54, 1.807) is 6.07 Å². The van der Waals surface area contributed by atoms with Gasteiger partial charge in [0, 0.05) is 11.1 Å². The van der Waals surface area contributed by atoms with E-state index >= 15 is 0 Å². The minimum atomic E-state index is -0.349. The van der Waals surface area contributed by atoms with Crippen LogP contribution in [0.1, 0.15) is 39.4 Å². The van der Waals surface area contributed by atoms with Gasteiger partial charge in [-0.1, -0.05) is 30.3 Å². The molecule has 0 bridgehead atoms. The summed E-state index contributed by atoms with van der Waals surface area (Å²) in [6.07, 6.45) is 1.78. The fraction of sp³-hybridized carbons (Fsp3) is 0.316. The van der Waals surface area contributed by atoms with E-state index in [9.17, 15) is 9.18 Å². The van der Waals surface area contributed by atoms with Crippen molar-refractivity contribution >= 4 is 5.78 Å². The summed E-state index contributed by atoms with van der Waals surface area (Å²) in [5, 5.41) is 0. The SMILES string of the molecule is CN(C)CCC1Cc2ccccc2C(=O)c2cc(F)ccc21. The average Bonchev–Trinajstić information content (AvgIpc) is 2.61. The highest BCUT2D eigenvalue weighted by Gasteiger charge is 2.27. The van der Waals surface area contributed by atoms with E-state index in [-0.39, 0.29) is 17.5 Å². The lowest BCUT2D eigenvalue weighted by Gasteiger charge is -2.20. The van der Waals surface area contributed by atoms with Crippen LogP contribution in [-0.4, -0.2) is 31.3 Å². The van der Waals surface area contributed by atoms with Gasteiger partial charge in [0.25, 0.3) is 0 Å². The highest BCUT2D eigenvalue weighted by atomic mass is 19.1. The molecular formula is C19H20FNO. The first-order valence-corrected chi connectivity index (χ1v) is 7.63. The summed E-state index contributed by atoms with van der Waals surface area (Å²) in [5.41, 5.74) is 3.27. The highest BCUT2D eigenvalue weighted by molar-refractivity contribution is 6.11. The van der Waals surface area contributed by atoms with Gasteiger partial charge in [0.05, 0.1) is 0 Å². The molecule has 3 rings (SSSR count). The number of benzene rings is 2. The van der Waals surface area contributed by atoms with Crippen LogP contribution in [0.4, 0.5) is 4.39 Å². The smallest absolute Gasteiger partial charge is 0.193 e. The van der Waals surface area contributed by atoms with Gasteiger partial charge in [0.1, 0.15) is 5.82 Å². The van der Waals surface area contributed by atoms with Gasteiger partial charge in [-0.2, -0.15) is 0 Å². The maximum atomic E-state index is 13.7. The predicted octanol–water partition coefficient (Wildman–Crippen LogP) is 3.65. The fourth-order valence-corrected chi connectivity index (χ4v) is 3.19. The van der Waals surface area contributed by atoms with Crippen LogP contribution in [0.25, 0.3) is 0 Å². The van der Waals surface area contributed by atoms with Gasteiger partial charge in [-0.3, -0.25) is 4.79 Å². The van der Waals surface area contributed by atoms with Crippen molar-refractivity contribution in [3.63, 3.8) is 0 Å². The number of carbonyl (C=O) groups is 1. The van der Waals surface area contributed by atoms with Crippen LogP contribution in [0.3, 0.4) is 0 Å². The van der Waals surface area contributed by atoms with E-state index in [0.717, 1.165) is 30.5 Å². The Morgan fingerprint density at radius 2 is 1.91 bits per heavy atom. The van der Waals surface area contributed by atoms with Crippen LogP contribution in [0.15, 0.2) is 42.5 Å². The lowest BCUT2D eigenvalue weighted by molar-refractivity contribution is 0.103. The molecule has 2 aromatic rings. The summed E-state index contributed by atoms with van der Waals surface area (Å²) in [7, 11) is 4.09. The maximum Gasteiger partial charge on any atom is 0.193 e. The van der Waals surface area contributed by atoms with Gasteiger partial charge in [-0.25, -0.2) is 4.39 Å². The third-order valence-electron chi connectivity index (χ3n) is 4.35. The summed E-state index contributed by atoms with van der Waals surface area (Å²) in [6, 6.07) is 12.3. The zero-order valence-electron chi connectivity index (χ0n) is 13.0. The van der Waals surface area contributed by atoms with Crippen molar-refractivity contribution in [2.45, 2.75) is 18.8 Å². The average molecular weight is 297 g/mol. The number of nitrogens with zero attached hydrogens (tertiary/aromatic N) is 1. The fourth-order valence-electron chi connectivity index (χ4n) is 3.19. The Kier molecular flexibility index (Phi) is 4.08. The number of carbonyl (C=O) groups excluding carboxylic acids is 1. The molecule has 0 N–H and O–H groups in total. The van der Waals surface area contributed by atoms with E-state index in [4.69, 9.17) is 0 Å². The molecule has 2 nitrogen and oxygen atoms in total. The van der Waals surface area contributed by atoms with E-state index < -0.39 is 0 Å². The number of fused-ring (bicyclic) bond motifs is 2. The second kappa shape index (κ2) is 6.01. The molecule has 1 atom stereocenters. The molecule has 1 aliphatic rings.